The molecule has 0 atom stereocenters. The van der Waals surface area contributed by atoms with E-state index in [0.717, 1.165) is 11.1 Å². The quantitative estimate of drug-likeness (QED) is 0.167. The Kier molecular flexibility index (Phi) is 12.5. The van der Waals surface area contributed by atoms with Gasteiger partial charge in [-0.1, -0.05) is 60.7 Å². The predicted molar refractivity (Wildman–Crippen MR) is 153 cm³/mol. The first-order valence-electron chi connectivity index (χ1n) is 13.3. The summed E-state index contributed by atoms with van der Waals surface area (Å²) in [5.74, 6) is -0.420. The highest BCUT2D eigenvalue weighted by Crippen LogP contribution is 2.19. The molecule has 40 heavy (non-hydrogen) atoms. The van der Waals surface area contributed by atoms with Crippen LogP contribution < -0.4 is 10.2 Å². The molecule has 0 aliphatic rings. The number of nitrogens with one attached hydrogen (secondary N) is 1. The Bertz CT molecular complexity index is 1190. The van der Waals surface area contributed by atoms with E-state index in [1.807, 2.05) is 79.7 Å². The van der Waals surface area contributed by atoms with Gasteiger partial charge < -0.3 is 24.4 Å². The second kappa shape index (κ2) is 16.6. The zero-order valence-corrected chi connectivity index (χ0v) is 23.1. The molecule has 2 amide bonds. The number of carbonyl (C=O) groups is 3. The van der Waals surface area contributed by atoms with Gasteiger partial charge in [-0.25, -0.2) is 14.4 Å². The van der Waals surface area contributed by atoms with Gasteiger partial charge in [0.05, 0.1) is 5.56 Å². The van der Waals surface area contributed by atoms with E-state index in [0.29, 0.717) is 50.3 Å². The third-order valence-corrected chi connectivity index (χ3v) is 5.90. The van der Waals surface area contributed by atoms with Gasteiger partial charge >= 0.3 is 18.2 Å². The van der Waals surface area contributed by atoms with Crippen LogP contribution in [0.25, 0.3) is 0 Å². The Balaban J connectivity index is 1.52. The van der Waals surface area contributed by atoms with Crippen LogP contribution in [0.2, 0.25) is 0 Å². The summed E-state index contributed by atoms with van der Waals surface area (Å²) < 4.78 is 16.1. The highest BCUT2D eigenvalue weighted by Gasteiger charge is 2.18. The largest absolute Gasteiger partial charge is 0.461 e. The van der Waals surface area contributed by atoms with Crippen LogP contribution in [-0.2, 0) is 27.4 Å². The van der Waals surface area contributed by atoms with Crippen molar-refractivity contribution in [1.82, 2.24) is 10.2 Å². The number of alkyl carbamates (subject to hydrolysis) is 1. The van der Waals surface area contributed by atoms with Crippen molar-refractivity contribution in [3.8, 4) is 0 Å². The van der Waals surface area contributed by atoms with Gasteiger partial charge in [0.1, 0.15) is 19.8 Å². The van der Waals surface area contributed by atoms with E-state index >= 15 is 0 Å². The lowest BCUT2D eigenvalue weighted by atomic mass is 10.2. The minimum atomic E-state index is -0.500. The van der Waals surface area contributed by atoms with Gasteiger partial charge in [-0.3, -0.25) is 4.90 Å². The van der Waals surface area contributed by atoms with E-state index in [4.69, 9.17) is 14.2 Å². The average Bonchev–Trinajstić information content (AvgIpc) is 2.97. The molecular weight excluding hydrogens is 510 g/mol. The van der Waals surface area contributed by atoms with Gasteiger partial charge in [-0.2, -0.15) is 0 Å². The number of amides is 2. The van der Waals surface area contributed by atoms with Crippen LogP contribution in [0, 0.1) is 0 Å². The van der Waals surface area contributed by atoms with Crippen LogP contribution in [-0.4, -0.2) is 63.4 Å². The van der Waals surface area contributed by atoms with Crippen molar-refractivity contribution in [1.29, 1.82) is 0 Å². The van der Waals surface area contributed by atoms with Crippen LogP contribution in [0.1, 0.15) is 34.3 Å². The van der Waals surface area contributed by atoms with Crippen molar-refractivity contribution >= 4 is 23.8 Å². The van der Waals surface area contributed by atoms with Gasteiger partial charge in [0.2, 0.25) is 0 Å². The minimum Gasteiger partial charge on any atom is -0.461 e. The molecule has 0 spiro atoms. The molecule has 3 aromatic rings. The lowest BCUT2D eigenvalue weighted by molar-refractivity contribution is 0.0481. The number of nitrogens with zero attached hydrogens (tertiary/aromatic N) is 2. The Morgan fingerprint density at radius 1 is 0.700 bits per heavy atom. The Morgan fingerprint density at radius 3 is 1.90 bits per heavy atom. The van der Waals surface area contributed by atoms with Gasteiger partial charge in [-0.05, 0) is 62.3 Å². The number of unbranched alkanes of at least 4 members (excludes halogenated alkanes) is 1. The van der Waals surface area contributed by atoms with Gasteiger partial charge in [-0.15, -0.1) is 0 Å². The summed E-state index contributed by atoms with van der Waals surface area (Å²) in [6, 6.07) is 25.6. The molecule has 1 N–H and O–H groups in total. The first-order valence-corrected chi connectivity index (χ1v) is 13.3. The number of rotatable bonds is 14. The summed E-state index contributed by atoms with van der Waals surface area (Å²) in [6.45, 7) is 2.03. The number of benzene rings is 3. The van der Waals surface area contributed by atoms with Crippen LogP contribution in [0.15, 0.2) is 84.9 Å². The van der Waals surface area contributed by atoms with E-state index < -0.39 is 18.2 Å². The van der Waals surface area contributed by atoms with Crippen LogP contribution in [0.4, 0.5) is 15.3 Å². The second-order valence-electron chi connectivity index (χ2n) is 9.37. The van der Waals surface area contributed by atoms with E-state index in [9.17, 15) is 14.4 Å². The first-order chi connectivity index (χ1) is 19.4. The van der Waals surface area contributed by atoms with E-state index in [1.54, 1.807) is 24.3 Å². The molecule has 0 aliphatic carbocycles. The van der Waals surface area contributed by atoms with Crippen LogP contribution in [0.5, 0.6) is 0 Å². The Hall–Kier alpha value is -4.37. The van der Waals surface area contributed by atoms with E-state index in [1.165, 1.54) is 4.90 Å². The molecular formula is C31H37N3O6. The fraction of sp³-hybridized carbons (Fsp3) is 0.323. The summed E-state index contributed by atoms with van der Waals surface area (Å²) in [7, 11) is 3.81. The van der Waals surface area contributed by atoms with Crippen molar-refractivity contribution < 1.29 is 28.6 Å². The fourth-order valence-electron chi connectivity index (χ4n) is 3.66. The average molecular weight is 548 g/mol. The fourth-order valence-corrected chi connectivity index (χ4v) is 3.66. The molecule has 0 saturated carbocycles. The van der Waals surface area contributed by atoms with Crippen molar-refractivity contribution in [2.24, 2.45) is 0 Å². The molecule has 0 saturated heterocycles. The Morgan fingerprint density at radius 2 is 1.30 bits per heavy atom. The van der Waals surface area contributed by atoms with Crippen molar-refractivity contribution in [2.45, 2.75) is 26.1 Å². The lowest BCUT2D eigenvalue weighted by Crippen LogP contribution is -2.33. The van der Waals surface area contributed by atoms with Crippen molar-refractivity contribution in [3.63, 3.8) is 0 Å². The number of hydrogen-bond donors (Lipinski definition) is 1. The number of carbonyl (C=O) groups excluding carboxylic acids is 3. The number of esters is 1. The van der Waals surface area contributed by atoms with Crippen molar-refractivity contribution in [3.05, 3.63) is 102 Å². The summed E-state index contributed by atoms with van der Waals surface area (Å²) in [5.41, 5.74) is 2.79. The topological polar surface area (TPSA) is 97.4 Å². The Labute approximate surface area is 235 Å². The molecule has 212 valence electrons. The number of anilines is 1. The maximum absolute atomic E-state index is 13.1. The summed E-state index contributed by atoms with van der Waals surface area (Å²) >= 11 is 0. The zero-order chi connectivity index (χ0) is 28.6. The normalized spacial score (nSPS) is 10.6. The molecule has 0 aliphatic heterocycles. The summed E-state index contributed by atoms with van der Waals surface area (Å²) in [4.78, 5) is 40.8. The van der Waals surface area contributed by atoms with E-state index in [-0.39, 0.29) is 13.2 Å². The molecule has 0 fully saturated rings. The number of ether oxygens (including phenoxy) is 3. The second-order valence-corrected chi connectivity index (χ2v) is 9.37. The highest BCUT2D eigenvalue weighted by molar-refractivity contribution is 5.92. The maximum atomic E-state index is 13.1. The zero-order valence-electron chi connectivity index (χ0n) is 23.1. The van der Waals surface area contributed by atoms with Crippen LogP contribution in [0.3, 0.4) is 0 Å². The van der Waals surface area contributed by atoms with E-state index in [2.05, 4.69) is 5.32 Å². The third kappa shape index (κ3) is 10.8. The molecule has 0 unspecified atom stereocenters. The molecule has 0 bridgehead atoms. The van der Waals surface area contributed by atoms with Gasteiger partial charge in [0.25, 0.3) is 0 Å². The maximum Gasteiger partial charge on any atom is 0.414 e. The van der Waals surface area contributed by atoms with Gasteiger partial charge in [0, 0.05) is 25.3 Å². The number of hydrogen-bond acceptors (Lipinski definition) is 7. The lowest BCUT2D eigenvalue weighted by Gasteiger charge is -2.22. The molecule has 3 rings (SSSR count). The summed E-state index contributed by atoms with van der Waals surface area (Å²) in [6.07, 6.45) is 0.240. The predicted octanol–water partition coefficient (Wildman–Crippen LogP) is 5.25. The first kappa shape index (κ1) is 30.2. The number of likely N-dealkylation sites (N-methyl/N-ethyl adjacent to an activating group) is 1. The molecule has 3 aromatic carbocycles. The molecule has 9 heteroatoms. The third-order valence-electron chi connectivity index (χ3n) is 5.90. The molecule has 0 radical (unpaired) electrons. The van der Waals surface area contributed by atoms with Gasteiger partial charge in [0.15, 0.2) is 0 Å². The molecule has 0 heterocycles. The SMILES string of the molecule is CN(C)CCOC(=O)c1ccc(N(CCCCNC(=O)OCc2ccccc2)C(=O)OCc2ccccc2)cc1. The highest BCUT2D eigenvalue weighted by atomic mass is 16.6. The monoisotopic (exact) mass is 547 g/mol. The standard InChI is InChI=1S/C31H37N3O6/c1-33(2)21-22-38-29(35)27-15-17-28(18-16-27)34(31(37)40-24-26-13-7-4-8-14-26)20-10-9-19-32-30(36)39-23-25-11-5-3-6-12-25/h3-8,11-18H,9-10,19-24H2,1-2H3,(H,32,36). The molecule has 9 nitrogen and oxygen atoms in total. The minimum absolute atomic E-state index is 0.140. The summed E-state index contributed by atoms with van der Waals surface area (Å²) in [5, 5.41) is 2.74. The van der Waals surface area contributed by atoms with Crippen molar-refractivity contribution in [2.75, 3.05) is 45.2 Å². The smallest absolute Gasteiger partial charge is 0.414 e. The van der Waals surface area contributed by atoms with Crippen LogP contribution >= 0.6 is 0 Å². The molecule has 0 aromatic heterocycles.